The molecule has 1 heterocycles. The Balaban J connectivity index is 2.30. The van der Waals surface area contributed by atoms with Crippen LogP contribution in [-0.2, 0) is 0 Å². The summed E-state index contributed by atoms with van der Waals surface area (Å²) in [7, 11) is 0. The van der Waals surface area contributed by atoms with Gasteiger partial charge in [0.15, 0.2) is 0 Å². The molecular weight excluding hydrogens is 214 g/mol. The number of hydrogen-bond donors (Lipinski definition) is 2. The summed E-state index contributed by atoms with van der Waals surface area (Å²) in [5.41, 5.74) is 9.70. The zero-order valence-corrected chi connectivity index (χ0v) is 10.2. The van der Waals surface area contributed by atoms with E-state index in [0.29, 0.717) is 13.2 Å². The number of aryl methyl sites for hydroxylation is 1. The van der Waals surface area contributed by atoms with Crippen LogP contribution >= 0.6 is 0 Å². The molecule has 0 radical (unpaired) electrons. The van der Waals surface area contributed by atoms with Crippen LogP contribution in [0, 0.1) is 13.8 Å². The lowest BCUT2D eigenvalue weighted by Gasteiger charge is -2.06. The van der Waals surface area contributed by atoms with E-state index in [9.17, 15) is 0 Å². The summed E-state index contributed by atoms with van der Waals surface area (Å²) in [6, 6.07) is 7.90. The first-order valence-electron chi connectivity index (χ1n) is 5.67. The zero-order chi connectivity index (χ0) is 12.3. The molecule has 0 aliphatic carbocycles. The fraction of sp³-hybridized carbons (Fsp3) is 0.308. The Bertz CT molecular complexity index is 505. The molecule has 0 spiro atoms. The molecule has 0 unspecified atom stereocenters. The highest BCUT2D eigenvalue weighted by molar-refractivity contribution is 5.65. The number of H-pyrrole nitrogens is 1. The lowest BCUT2D eigenvalue weighted by atomic mass is 10.1. The summed E-state index contributed by atoms with van der Waals surface area (Å²) < 4.78 is 5.50. The standard InChI is InChI=1S/C13H17N3O/c1-9-10(2)15-16-13(9)11-4-3-5-12(8-11)17-7-6-14/h3-5,8H,6-7,14H2,1-2H3,(H,15,16). The van der Waals surface area contributed by atoms with Crippen molar-refractivity contribution in [2.75, 3.05) is 13.2 Å². The van der Waals surface area contributed by atoms with Crippen molar-refractivity contribution in [3.8, 4) is 17.0 Å². The quantitative estimate of drug-likeness (QED) is 0.846. The van der Waals surface area contributed by atoms with Crippen molar-refractivity contribution in [3.05, 3.63) is 35.5 Å². The minimum absolute atomic E-state index is 0.519. The molecule has 3 N–H and O–H groups in total. The molecule has 1 aromatic carbocycles. The first-order valence-corrected chi connectivity index (χ1v) is 5.67. The second-order valence-corrected chi connectivity index (χ2v) is 3.99. The summed E-state index contributed by atoms with van der Waals surface area (Å²) >= 11 is 0. The molecule has 1 aromatic heterocycles. The number of rotatable bonds is 4. The third-order valence-electron chi connectivity index (χ3n) is 2.75. The van der Waals surface area contributed by atoms with Gasteiger partial charge in [-0.25, -0.2) is 0 Å². The number of nitrogens with zero attached hydrogens (tertiary/aromatic N) is 1. The smallest absolute Gasteiger partial charge is 0.120 e. The Morgan fingerprint density at radius 3 is 2.82 bits per heavy atom. The number of aromatic nitrogens is 2. The first kappa shape index (κ1) is 11.7. The number of ether oxygens (including phenoxy) is 1. The van der Waals surface area contributed by atoms with Crippen LogP contribution in [0.15, 0.2) is 24.3 Å². The van der Waals surface area contributed by atoms with E-state index in [0.717, 1.165) is 22.7 Å². The van der Waals surface area contributed by atoms with Crippen molar-refractivity contribution in [3.63, 3.8) is 0 Å². The fourth-order valence-corrected chi connectivity index (χ4v) is 1.68. The van der Waals surface area contributed by atoms with Crippen LogP contribution in [0.25, 0.3) is 11.3 Å². The molecule has 0 amide bonds. The lowest BCUT2D eigenvalue weighted by molar-refractivity contribution is 0.328. The molecule has 4 heteroatoms. The Morgan fingerprint density at radius 2 is 2.18 bits per heavy atom. The molecule has 2 rings (SSSR count). The maximum Gasteiger partial charge on any atom is 0.120 e. The average Bonchev–Trinajstić information content (AvgIpc) is 2.68. The van der Waals surface area contributed by atoms with Crippen LogP contribution in [0.3, 0.4) is 0 Å². The number of nitrogens with one attached hydrogen (secondary N) is 1. The topological polar surface area (TPSA) is 63.9 Å². The zero-order valence-electron chi connectivity index (χ0n) is 10.2. The van der Waals surface area contributed by atoms with E-state index in [1.165, 1.54) is 5.56 Å². The summed E-state index contributed by atoms with van der Waals surface area (Å²) in [5.74, 6) is 0.827. The van der Waals surface area contributed by atoms with Crippen LogP contribution < -0.4 is 10.5 Å². The third kappa shape index (κ3) is 2.47. The van der Waals surface area contributed by atoms with Gasteiger partial charge < -0.3 is 10.5 Å². The van der Waals surface area contributed by atoms with Crippen molar-refractivity contribution in [1.82, 2.24) is 10.2 Å². The lowest BCUT2D eigenvalue weighted by Crippen LogP contribution is -2.10. The van der Waals surface area contributed by atoms with Crippen molar-refractivity contribution in [2.24, 2.45) is 5.73 Å². The Morgan fingerprint density at radius 1 is 1.35 bits per heavy atom. The Hall–Kier alpha value is -1.81. The van der Waals surface area contributed by atoms with Gasteiger partial charge in [0, 0.05) is 17.8 Å². The van der Waals surface area contributed by atoms with Gasteiger partial charge in [0.05, 0.1) is 5.69 Å². The second kappa shape index (κ2) is 5.01. The predicted octanol–water partition coefficient (Wildman–Crippen LogP) is 2.03. The van der Waals surface area contributed by atoms with Crippen LogP contribution in [-0.4, -0.2) is 23.3 Å². The molecule has 0 aliphatic heterocycles. The average molecular weight is 231 g/mol. The van der Waals surface area contributed by atoms with E-state index in [1.807, 2.05) is 31.2 Å². The molecule has 90 valence electrons. The predicted molar refractivity (Wildman–Crippen MR) is 68.0 cm³/mol. The van der Waals surface area contributed by atoms with Crippen LogP contribution in [0.4, 0.5) is 0 Å². The number of benzene rings is 1. The highest BCUT2D eigenvalue weighted by Crippen LogP contribution is 2.25. The molecule has 0 saturated heterocycles. The van der Waals surface area contributed by atoms with Crippen molar-refractivity contribution >= 4 is 0 Å². The molecule has 0 saturated carbocycles. The van der Waals surface area contributed by atoms with Crippen molar-refractivity contribution < 1.29 is 4.74 Å². The number of aromatic amines is 1. The minimum atomic E-state index is 0.519. The van der Waals surface area contributed by atoms with E-state index in [2.05, 4.69) is 17.1 Å². The highest BCUT2D eigenvalue weighted by Gasteiger charge is 2.08. The molecule has 0 aliphatic rings. The van der Waals surface area contributed by atoms with E-state index in [1.54, 1.807) is 0 Å². The fourth-order valence-electron chi connectivity index (χ4n) is 1.68. The maximum absolute atomic E-state index is 5.50. The maximum atomic E-state index is 5.50. The van der Waals surface area contributed by atoms with E-state index in [4.69, 9.17) is 10.5 Å². The number of hydrogen-bond acceptors (Lipinski definition) is 3. The van der Waals surface area contributed by atoms with Gasteiger partial charge in [0.2, 0.25) is 0 Å². The SMILES string of the molecule is Cc1[nH]nc(-c2cccc(OCCN)c2)c1C. The Labute approximate surface area is 101 Å². The van der Waals surface area contributed by atoms with Gasteiger partial charge in [-0.3, -0.25) is 5.10 Å². The Kier molecular flexibility index (Phi) is 3.44. The van der Waals surface area contributed by atoms with Crippen LogP contribution in [0.5, 0.6) is 5.75 Å². The summed E-state index contributed by atoms with van der Waals surface area (Å²) in [5, 5.41) is 7.29. The summed E-state index contributed by atoms with van der Waals surface area (Å²) in [6.07, 6.45) is 0. The van der Waals surface area contributed by atoms with Gasteiger partial charge >= 0.3 is 0 Å². The summed E-state index contributed by atoms with van der Waals surface area (Å²) in [4.78, 5) is 0. The van der Waals surface area contributed by atoms with Crippen LogP contribution in [0.2, 0.25) is 0 Å². The molecule has 0 fully saturated rings. The van der Waals surface area contributed by atoms with E-state index < -0.39 is 0 Å². The molecule has 0 bridgehead atoms. The first-order chi connectivity index (χ1) is 8.22. The number of nitrogens with two attached hydrogens (primary N) is 1. The van der Waals surface area contributed by atoms with Gasteiger partial charge in [-0.15, -0.1) is 0 Å². The van der Waals surface area contributed by atoms with Gasteiger partial charge in [-0.05, 0) is 31.5 Å². The van der Waals surface area contributed by atoms with Gasteiger partial charge in [-0.2, -0.15) is 5.10 Å². The van der Waals surface area contributed by atoms with E-state index >= 15 is 0 Å². The van der Waals surface area contributed by atoms with Crippen molar-refractivity contribution in [1.29, 1.82) is 0 Å². The summed E-state index contributed by atoms with van der Waals surface area (Å²) in [6.45, 7) is 5.12. The molecule has 2 aromatic rings. The molecule has 17 heavy (non-hydrogen) atoms. The molecule has 0 atom stereocenters. The largest absolute Gasteiger partial charge is 0.492 e. The van der Waals surface area contributed by atoms with Gasteiger partial charge in [0.25, 0.3) is 0 Å². The van der Waals surface area contributed by atoms with Gasteiger partial charge in [-0.1, -0.05) is 12.1 Å². The molecule has 4 nitrogen and oxygen atoms in total. The van der Waals surface area contributed by atoms with Gasteiger partial charge in [0.1, 0.15) is 12.4 Å². The third-order valence-corrected chi connectivity index (χ3v) is 2.75. The van der Waals surface area contributed by atoms with Crippen molar-refractivity contribution in [2.45, 2.75) is 13.8 Å². The monoisotopic (exact) mass is 231 g/mol. The second-order valence-electron chi connectivity index (χ2n) is 3.99. The van der Waals surface area contributed by atoms with Crippen LogP contribution in [0.1, 0.15) is 11.3 Å². The highest BCUT2D eigenvalue weighted by atomic mass is 16.5. The normalized spacial score (nSPS) is 10.5. The molecular formula is C13H17N3O. The van der Waals surface area contributed by atoms with E-state index in [-0.39, 0.29) is 0 Å². The minimum Gasteiger partial charge on any atom is -0.492 e.